The molecule has 1 aliphatic carbocycles. The molecule has 1 aromatic carbocycles. The second-order valence-electron chi connectivity index (χ2n) is 12.7. The first-order valence-electron chi connectivity index (χ1n) is 13.6. The van der Waals surface area contributed by atoms with E-state index in [2.05, 4.69) is 47.1 Å². The Hall–Kier alpha value is -0.943. The van der Waals surface area contributed by atoms with Crippen molar-refractivity contribution in [2.75, 3.05) is 13.2 Å². The molecule has 1 aromatic heterocycles. The van der Waals surface area contributed by atoms with E-state index in [1.165, 1.54) is 12.8 Å². The largest absolute Gasteiger partial charge is 0.598 e. The van der Waals surface area contributed by atoms with Crippen molar-refractivity contribution >= 4 is 30.5 Å². The molecule has 0 radical (unpaired) electrons. The normalized spacial score (nSPS) is 22.1. The molecule has 4 atom stereocenters. The van der Waals surface area contributed by atoms with Crippen LogP contribution < -0.4 is 10.5 Å². The Balaban J connectivity index is 1.71. The van der Waals surface area contributed by atoms with E-state index in [0.29, 0.717) is 12.6 Å². The fourth-order valence-electron chi connectivity index (χ4n) is 4.62. The number of aromatic nitrogens is 2. The number of nitrogens with two attached hydrogens (primary N) is 1. The SMILES string of the molecule is CC(C)(C)[S+]([O-])NC(c1nc2ccc(C(N)C3CC3)cc2n1COCC[Si](C)(C)C)[C@H]1CCCCO1. The summed E-state index contributed by atoms with van der Waals surface area (Å²) >= 11 is -1.27. The summed E-state index contributed by atoms with van der Waals surface area (Å²) in [5, 5.41) is 0. The zero-order valence-electron chi connectivity index (χ0n) is 23.0. The van der Waals surface area contributed by atoms with Crippen LogP contribution in [-0.4, -0.2) is 46.2 Å². The van der Waals surface area contributed by atoms with Crippen LogP contribution in [0.5, 0.6) is 0 Å². The Labute approximate surface area is 221 Å². The first-order chi connectivity index (χ1) is 16.9. The first-order valence-corrected chi connectivity index (χ1v) is 18.4. The van der Waals surface area contributed by atoms with E-state index in [9.17, 15) is 4.55 Å². The Morgan fingerprint density at radius 1 is 1.25 bits per heavy atom. The fourth-order valence-corrected chi connectivity index (χ4v) is 6.21. The number of benzene rings is 1. The molecular formula is C27H46N4O3SSi. The van der Waals surface area contributed by atoms with Gasteiger partial charge in [0.25, 0.3) is 0 Å². The Bertz CT molecular complexity index is 1010. The third-order valence-corrected chi connectivity index (χ3v) is 10.5. The van der Waals surface area contributed by atoms with Gasteiger partial charge >= 0.3 is 0 Å². The predicted molar refractivity (Wildman–Crippen MR) is 151 cm³/mol. The topological polar surface area (TPSA) is 97.4 Å². The average Bonchev–Trinajstić information content (AvgIpc) is 3.60. The van der Waals surface area contributed by atoms with Gasteiger partial charge in [-0.1, -0.05) is 25.7 Å². The molecule has 1 aliphatic heterocycles. The van der Waals surface area contributed by atoms with Gasteiger partial charge in [-0.25, -0.2) is 4.98 Å². The summed E-state index contributed by atoms with van der Waals surface area (Å²) in [5.41, 5.74) is 9.66. The summed E-state index contributed by atoms with van der Waals surface area (Å²) in [7, 11) is -1.21. The summed E-state index contributed by atoms with van der Waals surface area (Å²) in [5.74, 6) is 1.41. The van der Waals surface area contributed by atoms with Gasteiger partial charge in [-0.3, -0.25) is 0 Å². The van der Waals surface area contributed by atoms with Gasteiger partial charge in [0.15, 0.2) is 0 Å². The third kappa shape index (κ3) is 7.12. The minimum Gasteiger partial charge on any atom is -0.598 e. The molecule has 0 amide bonds. The van der Waals surface area contributed by atoms with Crippen molar-refractivity contribution in [1.82, 2.24) is 14.3 Å². The van der Waals surface area contributed by atoms with Crippen molar-refractivity contribution in [2.45, 2.75) is 108 Å². The molecule has 7 nitrogen and oxygen atoms in total. The van der Waals surface area contributed by atoms with E-state index >= 15 is 0 Å². The lowest BCUT2D eigenvalue weighted by Gasteiger charge is -2.33. The maximum atomic E-state index is 13.3. The van der Waals surface area contributed by atoms with Crippen molar-refractivity contribution in [2.24, 2.45) is 11.7 Å². The smallest absolute Gasteiger partial charge is 0.136 e. The van der Waals surface area contributed by atoms with Crippen molar-refractivity contribution in [3.8, 4) is 0 Å². The highest BCUT2D eigenvalue weighted by Crippen LogP contribution is 2.40. The lowest BCUT2D eigenvalue weighted by atomic mass is 10.0. The van der Waals surface area contributed by atoms with E-state index in [1.807, 2.05) is 20.8 Å². The van der Waals surface area contributed by atoms with Gasteiger partial charge in [0.2, 0.25) is 0 Å². The second-order valence-corrected chi connectivity index (χ2v) is 20.4. The second kappa shape index (κ2) is 11.4. The van der Waals surface area contributed by atoms with E-state index in [4.69, 9.17) is 20.2 Å². The number of hydrogen-bond donors (Lipinski definition) is 2. The molecule has 0 bridgehead atoms. The van der Waals surface area contributed by atoms with Gasteiger partial charge in [-0.2, -0.15) is 0 Å². The molecule has 1 saturated heterocycles. The number of nitrogens with zero attached hydrogens (tertiary/aromatic N) is 2. The highest BCUT2D eigenvalue weighted by molar-refractivity contribution is 7.90. The molecular weight excluding hydrogens is 488 g/mol. The molecule has 4 rings (SSSR count). The molecule has 2 aromatic rings. The summed E-state index contributed by atoms with van der Waals surface area (Å²) in [6, 6.07) is 7.25. The highest BCUT2D eigenvalue weighted by atomic mass is 32.2. The fraction of sp³-hybridized carbons (Fsp3) is 0.741. The average molecular weight is 535 g/mol. The monoisotopic (exact) mass is 534 g/mol. The third-order valence-electron chi connectivity index (χ3n) is 7.19. The molecule has 2 fully saturated rings. The number of imidazole rings is 1. The van der Waals surface area contributed by atoms with Crippen molar-refractivity contribution in [3.63, 3.8) is 0 Å². The van der Waals surface area contributed by atoms with E-state index in [-0.39, 0.29) is 18.2 Å². The standard InChI is InChI=1S/C27H46N4O3SSi/c1-27(2,3)35(32)30-25(23-9-7-8-14-34-23)26-29-21-13-12-20(24(28)19-10-11-19)17-22(21)31(26)18-33-15-16-36(4,5)6/h12-13,17,19,23-25,30H,7-11,14-16,18,28H2,1-6H3/t23-,24?,25?,35?/m1/s1. The number of fused-ring (bicyclic) bond motifs is 1. The van der Waals surface area contributed by atoms with Crippen molar-refractivity contribution in [3.05, 3.63) is 29.6 Å². The Morgan fingerprint density at radius 3 is 2.61 bits per heavy atom. The van der Waals surface area contributed by atoms with Crippen LogP contribution in [0.2, 0.25) is 25.7 Å². The number of rotatable bonds is 11. The van der Waals surface area contributed by atoms with Crippen LogP contribution in [-0.2, 0) is 27.6 Å². The van der Waals surface area contributed by atoms with Gasteiger partial charge < -0.3 is 24.3 Å². The maximum absolute atomic E-state index is 13.3. The van der Waals surface area contributed by atoms with Gasteiger partial charge in [-0.05, 0) is 82.5 Å². The summed E-state index contributed by atoms with van der Waals surface area (Å²) in [6.45, 7) is 14.9. The van der Waals surface area contributed by atoms with Crippen LogP contribution in [0.25, 0.3) is 11.0 Å². The van der Waals surface area contributed by atoms with Crippen LogP contribution >= 0.6 is 0 Å². The number of hydrogen-bond acceptors (Lipinski definition) is 6. The molecule has 3 unspecified atom stereocenters. The maximum Gasteiger partial charge on any atom is 0.136 e. The molecule has 2 heterocycles. The molecule has 9 heteroatoms. The molecule has 202 valence electrons. The molecule has 2 aliphatic rings. The number of ether oxygens (including phenoxy) is 2. The minimum absolute atomic E-state index is 0.0537. The van der Waals surface area contributed by atoms with E-state index in [0.717, 1.165) is 60.9 Å². The molecule has 36 heavy (non-hydrogen) atoms. The Kier molecular flexibility index (Phi) is 8.92. The molecule has 0 spiro atoms. The van der Waals surface area contributed by atoms with E-state index in [1.54, 1.807) is 0 Å². The van der Waals surface area contributed by atoms with Crippen molar-refractivity contribution < 1.29 is 14.0 Å². The lowest BCUT2D eigenvalue weighted by molar-refractivity contribution is -0.00763. The summed E-state index contributed by atoms with van der Waals surface area (Å²) in [6.07, 6.45) is 5.38. The zero-order valence-corrected chi connectivity index (χ0v) is 24.8. The van der Waals surface area contributed by atoms with Crippen molar-refractivity contribution in [1.29, 1.82) is 0 Å². The van der Waals surface area contributed by atoms with Crippen LogP contribution in [0.3, 0.4) is 0 Å². The van der Waals surface area contributed by atoms with Gasteiger partial charge in [0, 0.05) is 38.7 Å². The van der Waals surface area contributed by atoms with Gasteiger partial charge in [-0.15, -0.1) is 4.72 Å². The summed E-state index contributed by atoms with van der Waals surface area (Å²) in [4.78, 5) is 5.09. The quantitative estimate of drug-likeness (QED) is 0.227. The van der Waals surface area contributed by atoms with Gasteiger partial charge in [0.1, 0.15) is 23.3 Å². The summed E-state index contributed by atoms with van der Waals surface area (Å²) < 4.78 is 30.9. The van der Waals surface area contributed by atoms with Crippen LogP contribution in [0.15, 0.2) is 18.2 Å². The van der Waals surface area contributed by atoms with E-state index < -0.39 is 24.2 Å². The Morgan fingerprint density at radius 2 is 2.00 bits per heavy atom. The lowest BCUT2D eigenvalue weighted by Crippen LogP contribution is -2.46. The van der Waals surface area contributed by atoms with Crippen LogP contribution in [0, 0.1) is 5.92 Å². The first kappa shape index (κ1) is 28.1. The van der Waals surface area contributed by atoms with Crippen LogP contribution in [0.1, 0.15) is 76.3 Å². The minimum atomic E-state index is -1.27. The highest BCUT2D eigenvalue weighted by Gasteiger charge is 2.38. The zero-order chi connectivity index (χ0) is 26.1. The molecule has 3 N–H and O–H groups in total. The number of nitrogens with one attached hydrogen (secondary N) is 1. The van der Waals surface area contributed by atoms with Gasteiger partial charge in [0.05, 0.1) is 17.1 Å². The van der Waals surface area contributed by atoms with Crippen LogP contribution in [0.4, 0.5) is 0 Å². The predicted octanol–water partition coefficient (Wildman–Crippen LogP) is 5.42. The molecule has 1 saturated carbocycles.